The van der Waals surface area contributed by atoms with Gasteiger partial charge in [-0.15, -0.1) is 5.10 Å². The Morgan fingerprint density at radius 2 is 1.82 bits per heavy atom. The zero-order valence-electron chi connectivity index (χ0n) is 23.0. The van der Waals surface area contributed by atoms with Crippen LogP contribution in [0, 0.1) is 0 Å². The molecule has 0 atom stereocenters. The van der Waals surface area contributed by atoms with Crippen LogP contribution in [0.1, 0.15) is 82.5 Å². The lowest BCUT2D eigenvalue weighted by molar-refractivity contribution is -0.142. The first-order valence-corrected chi connectivity index (χ1v) is 14.0. The number of rotatable bonds is 7. The van der Waals surface area contributed by atoms with Crippen LogP contribution in [0.3, 0.4) is 0 Å². The molecule has 39 heavy (non-hydrogen) atoms. The molecule has 2 heterocycles. The summed E-state index contributed by atoms with van der Waals surface area (Å²) < 4.78 is 0. The summed E-state index contributed by atoms with van der Waals surface area (Å²) in [4.78, 5) is 30.6. The van der Waals surface area contributed by atoms with E-state index in [2.05, 4.69) is 31.2 Å². The lowest BCUT2D eigenvalue weighted by Gasteiger charge is -2.37. The molecule has 2 saturated carbocycles. The van der Waals surface area contributed by atoms with E-state index in [1.807, 2.05) is 31.1 Å². The van der Waals surface area contributed by atoms with Crippen LogP contribution in [0.5, 0.6) is 5.75 Å². The highest BCUT2D eigenvalue weighted by molar-refractivity contribution is 6.50. The monoisotopic (exact) mass is 534 g/mol. The molecule has 5 rings (SSSR count). The second-order valence-corrected chi connectivity index (χ2v) is 11.3. The van der Waals surface area contributed by atoms with Crippen molar-refractivity contribution in [3.63, 3.8) is 0 Å². The molecule has 2 fully saturated rings. The molecule has 2 aliphatic carbocycles. The summed E-state index contributed by atoms with van der Waals surface area (Å²) in [5, 5.41) is 30.7. The molecule has 11 nitrogen and oxygen atoms in total. The van der Waals surface area contributed by atoms with Gasteiger partial charge in [-0.25, -0.2) is 5.10 Å². The molecule has 2 amide bonds. The largest absolute Gasteiger partial charge is 0.505 e. The number of carbonyl (C=O) groups excluding carboxylic acids is 2. The van der Waals surface area contributed by atoms with Crippen LogP contribution in [-0.4, -0.2) is 79.7 Å². The number of hydrogen-bond donors (Lipinski definition) is 3. The molecule has 0 spiro atoms. The van der Waals surface area contributed by atoms with Crippen molar-refractivity contribution in [1.82, 2.24) is 30.4 Å². The quantitative estimate of drug-likeness (QED) is 0.279. The topological polar surface area (TPSA) is 140 Å². The third-order valence-electron chi connectivity index (χ3n) is 8.47. The first-order valence-electron chi connectivity index (χ1n) is 14.0. The molecular weight excluding hydrogens is 496 g/mol. The summed E-state index contributed by atoms with van der Waals surface area (Å²) in [6.45, 7) is 2.19. The minimum Gasteiger partial charge on any atom is -0.505 e. The highest BCUT2D eigenvalue weighted by atomic mass is 16.3. The first-order chi connectivity index (χ1) is 18.8. The number of imide groups is 1. The average molecular weight is 535 g/mol. The smallest absolute Gasteiger partial charge is 0.281 e. The number of hydrazone groups is 1. The van der Waals surface area contributed by atoms with E-state index in [9.17, 15) is 14.7 Å². The second-order valence-electron chi connectivity index (χ2n) is 11.3. The average Bonchev–Trinajstić information content (AvgIpc) is 3.49. The van der Waals surface area contributed by atoms with Crippen LogP contribution < -0.4 is 5.43 Å². The van der Waals surface area contributed by atoms with Gasteiger partial charge >= 0.3 is 0 Å². The van der Waals surface area contributed by atoms with Crippen LogP contribution in [-0.2, 0) is 15.0 Å². The van der Waals surface area contributed by atoms with Gasteiger partial charge in [0.2, 0.25) is 0 Å². The Hall–Kier alpha value is -3.60. The summed E-state index contributed by atoms with van der Waals surface area (Å²) in [7, 11) is 3.80. The number of nitrogens with zero attached hydrogens (tertiary/aromatic N) is 6. The van der Waals surface area contributed by atoms with E-state index in [-0.39, 0.29) is 29.3 Å². The van der Waals surface area contributed by atoms with Gasteiger partial charge in [0.15, 0.2) is 11.5 Å². The maximum Gasteiger partial charge on any atom is 0.281 e. The van der Waals surface area contributed by atoms with Crippen LogP contribution in [0.2, 0.25) is 0 Å². The molecule has 3 aliphatic rings. The van der Waals surface area contributed by atoms with E-state index in [0.717, 1.165) is 69.8 Å². The van der Waals surface area contributed by atoms with Gasteiger partial charge in [0.25, 0.3) is 11.8 Å². The molecule has 0 unspecified atom stereocenters. The van der Waals surface area contributed by atoms with Gasteiger partial charge in [0.05, 0.1) is 11.1 Å². The minimum absolute atomic E-state index is 0.0544. The van der Waals surface area contributed by atoms with Gasteiger partial charge in [0.1, 0.15) is 5.75 Å². The summed E-state index contributed by atoms with van der Waals surface area (Å²) >= 11 is 0. The fourth-order valence-electron chi connectivity index (χ4n) is 6.41. The lowest BCUT2D eigenvalue weighted by atomic mass is 9.68. The second kappa shape index (κ2) is 11.3. The lowest BCUT2D eigenvalue weighted by Crippen LogP contribution is -2.53. The molecular formula is C28H38N8O3. The molecule has 2 aromatic rings. The van der Waals surface area contributed by atoms with Crippen molar-refractivity contribution in [2.24, 2.45) is 5.10 Å². The fourth-order valence-corrected chi connectivity index (χ4v) is 6.41. The Bertz CT molecular complexity index is 1270. The van der Waals surface area contributed by atoms with E-state index in [4.69, 9.17) is 0 Å². The number of amides is 2. The zero-order valence-corrected chi connectivity index (χ0v) is 23.0. The number of tetrazole rings is 1. The summed E-state index contributed by atoms with van der Waals surface area (Å²) in [6, 6.07) is 5.37. The van der Waals surface area contributed by atoms with Crippen LogP contribution in [0.25, 0.3) is 0 Å². The summed E-state index contributed by atoms with van der Waals surface area (Å²) in [6.07, 6.45) is 9.48. The third kappa shape index (κ3) is 5.07. The van der Waals surface area contributed by atoms with Crippen molar-refractivity contribution < 1.29 is 14.7 Å². The van der Waals surface area contributed by atoms with Crippen molar-refractivity contribution >= 4 is 23.2 Å². The van der Waals surface area contributed by atoms with Crippen LogP contribution in [0.4, 0.5) is 5.69 Å². The maximum atomic E-state index is 13.7. The van der Waals surface area contributed by atoms with E-state index >= 15 is 0 Å². The normalized spacial score (nSPS) is 21.7. The number of phenolic OH excluding ortho intramolecular Hbond substituents is 1. The Morgan fingerprint density at radius 1 is 1.10 bits per heavy atom. The van der Waals surface area contributed by atoms with Gasteiger partial charge < -0.3 is 10.0 Å². The SMILES string of the molecule is CC1=C(CN(C)C)C(=O)N(C2CCCCC2)C(=O)C1=NNc1cccc(C2(c3nnn[nH]3)CCCCC2)c1O. The standard InChI is InChI=1S/C28H38N8O3/c1-18-20(17-35(2)3)25(38)36(19-11-6-4-7-12-19)26(39)23(18)30-29-22-14-10-13-21(24(22)37)28(15-8-5-9-16-28)27-31-33-34-32-27/h10,13-14,19,29,37H,4-9,11-12,15-17H2,1-3H3,(H,31,32,33,34). The molecule has 3 N–H and O–H groups in total. The number of para-hydroxylation sites is 1. The Morgan fingerprint density at radius 3 is 2.49 bits per heavy atom. The number of carbonyl (C=O) groups is 2. The number of likely N-dealkylation sites (N-methyl/N-ethyl adjacent to an activating group) is 1. The Labute approximate surface area is 228 Å². The minimum atomic E-state index is -0.532. The third-order valence-corrected chi connectivity index (χ3v) is 8.47. The molecule has 0 bridgehead atoms. The highest BCUT2D eigenvalue weighted by Crippen LogP contribution is 2.48. The number of aromatic nitrogens is 4. The first kappa shape index (κ1) is 27.0. The van der Waals surface area contributed by atoms with Crippen molar-refractivity contribution in [3.05, 3.63) is 40.7 Å². The molecule has 1 aromatic heterocycles. The molecule has 1 aliphatic heterocycles. The predicted molar refractivity (Wildman–Crippen MR) is 147 cm³/mol. The molecule has 208 valence electrons. The molecule has 0 radical (unpaired) electrons. The Balaban J connectivity index is 1.51. The van der Waals surface area contributed by atoms with Crippen LogP contribution in [0.15, 0.2) is 34.4 Å². The van der Waals surface area contributed by atoms with Gasteiger partial charge in [-0.05, 0) is 68.8 Å². The van der Waals surface area contributed by atoms with Crippen molar-refractivity contribution in [1.29, 1.82) is 0 Å². The Kier molecular flexibility index (Phi) is 7.79. The molecule has 1 aromatic carbocycles. The number of hydrogen-bond acceptors (Lipinski definition) is 9. The van der Waals surface area contributed by atoms with Gasteiger partial charge in [-0.1, -0.05) is 50.7 Å². The number of aromatic hydroxyl groups is 1. The highest BCUT2D eigenvalue weighted by Gasteiger charge is 2.42. The van der Waals surface area contributed by atoms with Gasteiger partial charge in [0, 0.05) is 23.7 Å². The van der Waals surface area contributed by atoms with Crippen molar-refractivity contribution in [3.8, 4) is 5.75 Å². The number of nitrogens with one attached hydrogen (secondary N) is 2. The van der Waals surface area contributed by atoms with Crippen molar-refractivity contribution in [2.45, 2.75) is 82.6 Å². The number of phenols is 1. The maximum absolute atomic E-state index is 13.7. The number of H-pyrrole nitrogens is 1. The van der Waals surface area contributed by atoms with Gasteiger partial charge in [-0.2, -0.15) is 5.10 Å². The van der Waals surface area contributed by atoms with Gasteiger partial charge in [-0.3, -0.25) is 19.9 Å². The van der Waals surface area contributed by atoms with E-state index < -0.39 is 5.41 Å². The summed E-state index contributed by atoms with van der Waals surface area (Å²) in [5.74, 6) is 0.0873. The van der Waals surface area contributed by atoms with E-state index in [1.165, 1.54) is 4.90 Å². The zero-order chi connectivity index (χ0) is 27.6. The van der Waals surface area contributed by atoms with Crippen molar-refractivity contribution in [2.75, 3.05) is 26.1 Å². The van der Waals surface area contributed by atoms with Crippen LogP contribution >= 0.6 is 0 Å². The number of benzene rings is 1. The molecule has 11 heteroatoms. The van der Waals surface area contributed by atoms with E-state index in [0.29, 0.717) is 29.2 Å². The summed E-state index contributed by atoms with van der Waals surface area (Å²) in [5.41, 5.74) is 4.88. The number of anilines is 1. The fraction of sp³-hybridized carbons (Fsp3) is 0.571. The molecule has 0 saturated heterocycles. The van der Waals surface area contributed by atoms with E-state index in [1.54, 1.807) is 13.0 Å². The predicted octanol–water partition coefficient (Wildman–Crippen LogP) is 3.50. The number of aromatic amines is 1.